The van der Waals surface area contributed by atoms with Gasteiger partial charge >= 0.3 is 0 Å². The number of thioether (sulfide) groups is 1. The third kappa shape index (κ3) is 9.25. The predicted molar refractivity (Wildman–Crippen MR) is 73.7 cm³/mol. The van der Waals surface area contributed by atoms with Crippen LogP contribution in [-0.2, 0) is 0 Å². The molecule has 0 heterocycles. The Morgan fingerprint density at radius 2 is 1.80 bits per heavy atom. The lowest BCUT2D eigenvalue weighted by molar-refractivity contribution is 0.329. The van der Waals surface area contributed by atoms with Gasteiger partial charge in [-0.2, -0.15) is 11.8 Å². The molecular weight excluding hydrogens is 202 g/mol. The zero-order chi connectivity index (χ0) is 11.7. The van der Waals surface area contributed by atoms with E-state index in [9.17, 15) is 0 Å². The summed E-state index contributed by atoms with van der Waals surface area (Å²) in [6.07, 6.45) is 2.76. The van der Waals surface area contributed by atoms with Crippen LogP contribution >= 0.6 is 11.8 Å². The fourth-order valence-electron chi connectivity index (χ4n) is 1.65. The van der Waals surface area contributed by atoms with Gasteiger partial charge in [0.15, 0.2) is 0 Å². The standard InChI is InChI=1S/C13H29NS/c1-6-15-9-7-8-13(11(2)3)10-14-12(4)5/h11-14H,6-10H2,1-5H3. The van der Waals surface area contributed by atoms with Gasteiger partial charge in [0.25, 0.3) is 0 Å². The smallest absolute Gasteiger partial charge is 0.00104 e. The van der Waals surface area contributed by atoms with Crippen molar-refractivity contribution in [1.29, 1.82) is 0 Å². The molecule has 0 aromatic heterocycles. The normalized spacial score (nSPS) is 13.8. The highest BCUT2D eigenvalue weighted by atomic mass is 32.2. The molecule has 1 atom stereocenters. The molecule has 0 saturated carbocycles. The Morgan fingerprint density at radius 1 is 1.13 bits per heavy atom. The van der Waals surface area contributed by atoms with E-state index in [2.05, 4.69) is 51.7 Å². The van der Waals surface area contributed by atoms with Crippen molar-refractivity contribution in [3.63, 3.8) is 0 Å². The zero-order valence-corrected chi connectivity index (χ0v) is 12.0. The van der Waals surface area contributed by atoms with Gasteiger partial charge in [-0.15, -0.1) is 0 Å². The summed E-state index contributed by atoms with van der Waals surface area (Å²) in [5.41, 5.74) is 0. The molecule has 0 bridgehead atoms. The van der Waals surface area contributed by atoms with Crippen molar-refractivity contribution in [2.24, 2.45) is 11.8 Å². The second-order valence-corrected chi connectivity index (χ2v) is 6.30. The molecule has 2 heteroatoms. The summed E-state index contributed by atoms with van der Waals surface area (Å²) in [7, 11) is 0. The van der Waals surface area contributed by atoms with Crippen molar-refractivity contribution in [2.75, 3.05) is 18.1 Å². The summed E-state index contributed by atoms with van der Waals surface area (Å²) in [6, 6.07) is 0.622. The number of hydrogen-bond donors (Lipinski definition) is 1. The van der Waals surface area contributed by atoms with E-state index in [1.807, 2.05) is 0 Å². The summed E-state index contributed by atoms with van der Waals surface area (Å²) in [6.45, 7) is 12.6. The van der Waals surface area contributed by atoms with Gasteiger partial charge in [0, 0.05) is 6.04 Å². The van der Waals surface area contributed by atoms with Crippen LogP contribution in [-0.4, -0.2) is 24.1 Å². The van der Waals surface area contributed by atoms with Gasteiger partial charge in [-0.05, 0) is 42.7 Å². The van der Waals surface area contributed by atoms with Crippen molar-refractivity contribution >= 4 is 11.8 Å². The van der Waals surface area contributed by atoms with E-state index in [-0.39, 0.29) is 0 Å². The van der Waals surface area contributed by atoms with Gasteiger partial charge in [0.1, 0.15) is 0 Å². The van der Waals surface area contributed by atoms with E-state index >= 15 is 0 Å². The topological polar surface area (TPSA) is 12.0 Å². The Hall–Kier alpha value is 0.310. The average molecular weight is 231 g/mol. The lowest BCUT2D eigenvalue weighted by atomic mass is 9.91. The molecule has 0 aliphatic carbocycles. The van der Waals surface area contributed by atoms with Crippen LogP contribution in [0.2, 0.25) is 0 Å². The third-order valence-electron chi connectivity index (χ3n) is 2.80. The maximum Gasteiger partial charge on any atom is 0.00104 e. The molecule has 0 aromatic carbocycles. The minimum atomic E-state index is 0.622. The van der Waals surface area contributed by atoms with Crippen LogP contribution in [0, 0.1) is 11.8 Å². The molecule has 0 aliphatic rings. The Kier molecular flexibility index (Phi) is 9.73. The van der Waals surface area contributed by atoms with E-state index < -0.39 is 0 Å². The molecular formula is C13H29NS. The summed E-state index contributed by atoms with van der Waals surface area (Å²) in [4.78, 5) is 0. The Labute approximate surface area is 101 Å². The molecule has 0 fully saturated rings. The maximum atomic E-state index is 3.56. The number of hydrogen-bond acceptors (Lipinski definition) is 2. The average Bonchev–Trinajstić information content (AvgIpc) is 2.15. The number of rotatable bonds is 9. The summed E-state index contributed by atoms with van der Waals surface area (Å²) in [5, 5.41) is 3.56. The van der Waals surface area contributed by atoms with E-state index in [0.29, 0.717) is 6.04 Å². The van der Waals surface area contributed by atoms with Crippen molar-refractivity contribution in [1.82, 2.24) is 5.32 Å². The summed E-state index contributed by atoms with van der Waals surface area (Å²) >= 11 is 2.07. The van der Waals surface area contributed by atoms with Crippen LogP contribution in [0.1, 0.15) is 47.5 Å². The molecule has 0 aliphatic heterocycles. The lowest BCUT2D eigenvalue weighted by Crippen LogP contribution is -2.31. The molecule has 0 saturated heterocycles. The minimum Gasteiger partial charge on any atom is -0.314 e. The van der Waals surface area contributed by atoms with Crippen LogP contribution in [0.3, 0.4) is 0 Å². The monoisotopic (exact) mass is 231 g/mol. The third-order valence-corrected chi connectivity index (χ3v) is 3.78. The Morgan fingerprint density at radius 3 is 2.27 bits per heavy atom. The van der Waals surface area contributed by atoms with Gasteiger partial charge in [-0.3, -0.25) is 0 Å². The number of nitrogens with one attached hydrogen (secondary N) is 1. The molecule has 92 valence electrons. The molecule has 15 heavy (non-hydrogen) atoms. The first-order valence-electron chi connectivity index (χ1n) is 6.39. The predicted octanol–water partition coefficient (Wildman–Crippen LogP) is 3.79. The van der Waals surface area contributed by atoms with E-state index in [4.69, 9.17) is 0 Å². The largest absolute Gasteiger partial charge is 0.314 e. The fourth-order valence-corrected chi connectivity index (χ4v) is 2.31. The van der Waals surface area contributed by atoms with Crippen LogP contribution in [0.5, 0.6) is 0 Å². The first-order chi connectivity index (χ1) is 7.07. The second-order valence-electron chi connectivity index (χ2n) is 4.91. The van der Waals surface area contributed by atoms with Crippen molar-refractivity contribution < 1.29 is 0 Å². The highest BCUT2D eigenvalue weighted by molar-refractivity contribution is 7.99. The van der Waals surface area contributed by atoms with Crippen molar-refractivity contribution in [3.05, 3.63) is 0 Å². The second kappa shape index (κ2) is 9.53. The molecule has 0 spiro atoms. The molecule has 1 nitrogen and oxygen atoms in total. The molecule has 0 amide bonds. The van der Waals surface area contributed by atoms with Crippen molar-refractivity contribution in [2.45, 2.75) is 53.5 Å². The van der Waals surface area contributed by atoms with Gasteiger partial charge in [-0.1, -0.05) is 34.6 Å². The van der Waals surface area contributed by atoms with Gasteiger partial charge in [0.2, 0.25) is 0 Å². The van der Waals surface area contributed by atoms with Crippen LogP contribution < -0.4 is 5.32 Å². The SMILES string of the molecule is CCSCCCC(CNC(C)C)C(C)C. The maximum absolute atomic E-state index is 3.56. The van der Waals surface area contributed by atoms with Crippen molar-refractivity contribution in [3.8, 4) is 0 Å². The Bertz CT molecular complexity index is 134. The van der Waals surface area contributed by atoms with Gasteiger partial charge in [0.05, 0.1) is 0 Å². The highest BCUT2D eigenvalue weighted by Gasteiger charge is 2.12. The van der Waals surface area contributed by atoms with Crippen LogP contribution in [0.25, 0.3) is 0 Å². The lowest BCUT2D eigenvalue weighted by Gasteiger charge is -2.22. The fraction of sp³-hybridized carbons (Fsp3) is 1.00. The molecule has 1 unspecified atom stereocenters. The first kappa shape index (κ1) is 15.3. The Balaban J connectivity index is 3.64. The van der Waals surface area contributed by atoms with E-state index in [1.165, 1.54) is 30.9 Å². The van der Waals surface area contributed by atoms with E-state index in [0.717, 1.165) is 11.8 Å². The van der Waals surface area contributed by atoms with E-state index in [1.54, 1.807) is 0 Å². The summed E-state index contributed by atoms with van der Waals surface area (Å²) in [5.74, 6) is 4.26. The highest BCUT2D eigenvalue weighted by Crippen LogP contribution is 2.18. The molecule has 0 rings (SSSR count). The summed E-state index contributed by atoms with van der Waals surface area (Å²) < 4.78 is 0. The van der Waals surface area contributed by atoms with Crippen LogP contribution in [0.4, 0.5) is 0 Å². The molecule has 0 aromatic rings. The minimum absolute atomic E-state index is 0.622. The quantitative estimate of drug-likeness (QED) is 0.606. The first-order valence-corrected chi connectivity index (χ1v) is 7.54. The zero-order valence-electron chi connectivity index (χ0n) is 11.2. The molecule has 1 N–H and O–H groups in total. The van der Waals surface area contributed by atoms with Crippen LogP contribution in [0.15, 0.2) is 0 Å². The van der Waals surface area contributed by atoms with Gasteiger partial charge in [-0.25, -0.2) is 0 Å². The molecule has 0 radical (unpaired) electrons. The van der Waals surface area contributed by atoms with Gasteiger partial charge < -0.3 is 5.32 Å².